The van der Waals surface area contributed by atoms with Gasteiger partial charge in [0.25, 0.3) is 5.91 Å². The molecule has 1 heterocycles. The number of pyridine rings is 1. The molecule has 0 bridgehead atoms. The van der Waals surface area contributed by atoms with Crippen molar-refractivity contribution in [3.05, 3.63) is 59.4 Å². The molecule has 1 aromatic carbocycles. The molecule has 0 aliphatic heterocycles. The standard InChI is InChI=1S/C14H14N2O2/c1-10-8-11(6-7-15-10)14(18)16-13-5-3-2-4-12(13)9-17/h2-8,17H,9H2,1H3,(H,16,18). The first kappa shape index (κ1) is 12.3. The second kappa shape index (κ2) is 5.42. The van der Waals surface area contributed by atoms with E-state index in [0.29, 0.717) is 16.8 Å². The molecule has 0 radical (unpaired) electrons. The largest absolute Gasteiger partial charge is 0.392 e. The van der Waals surface area contributed by atoms with Gasteiger partial charge >= 0.3 is 0 Å². The number of aliphatic hydroxyl groups is 1. The summed E-state index contributed by atoms with van der Waals surface area (Å²) in [6.07, 6.45) is 1.60. The fourth-order valence-corrected chi connectivity index (χ4v) is 1.66. The number of hydrogen-bond acceptors (Lipinski definition) is 3. The second-order valence-corrected chi connectivity index (χ2v) is 3.96. The Balaban J connectivity index is 2.21. The normalized spacial score (nSPS) is 10.1. The van der Waals surface area contributed by atoms with Gasteiger partial charge < -0.3 is 10.4 Å². The third kappa shape index (κ3) is 2.73. The van der Waals surface area contributed by atoms with Crippen LogP contribution in [0, 0.1) is 6.92 Å². The van der Waals surface area contributed by atoms with Crippen LogP contribution < -0.4 is 5.32 Å². The monoisotopic (exact) mass is 242 g/mol. The molecule has 0 fully saturated rings. The number of carbonyl (C=O) groups is 1. The first-order valence-corrected chi connectivity index (χ1v) is 5.63. The SMILES string of the molecule is Cc1cc(C(=O)Nc2ccccc2CO)ccn1. The molecule has 18 heavy (non-hydrogen) atoms. The lowest BCUT2D eigenvalue weighted by Gasteiger charge is -2.09. The molecule has 4 heteroatoms. The van der Waals surface area contributed by atoms with Crippen molar-refractivity contribution in [2.24, 2.45) is 0 Å². The Labute approximate surface area is 105 Å². The smallest absolute Gasteiger partial charge is 0.255 e. The highest BCUT2D eigenvalue weighted by Gasteiger charge is 2.08. The molecule has 0 aliphatic rings. The van der Waals surface area contributed by atoms with Gasteiger partial charge in [-0.15, -0.1) is 0 Å². The summed E-state index contributed by atoms with van der Waals surface area (Å²) in [6, 6.07) is 10.5. The summed E-state index contributed by atoms with van der Waals surface area (Å²) in [7, 11) is 0. The molecule has 2 N–H and O–H groups in total. The summed E-state index contributed by atoms with van der Waals surface area (Å²) in [5.74, 6) is -0.207. The quantitative estimate of drug-likeness (QED) is 0.866. The lowest BCUT2D eigenvalue weighted by atomic mass is 10.1. The summed E-state index contributed by atoms with van der Waals surface area (Å²) in [5.41, 5.74) is 2.66. The van der Waals surface area contributed by atoms with Gasteiger partial charge in [-0.1, -0.05) is 18.2 Å². The minimum absolute atomic E-state index is 0.105. The number of amides is 1. The molecule has 0 atom stereocenters. The maximum Gasteiger partial charge on any atom is 0.255 e. The van der Waals surface area contributed by atoms with Crippen molar-refractivity contribution in [3.8, 4) is 0 Å². The van der Waals surface area contributed by atoms with Gasteiger partial charge in [-0.2, -0.15) is 0 Å². The molecule has 0 saturated carbocycles. The fourth-order valence-electron chi connectivity index (χ4n) is 1.66. The van der Waals surface area contributed by atoms with Crippen molar-refractivity contribution in [1.29, 1.82) is 0 Å². The molecule has 92 valence electrons. The third-order valence-corrected chi connectivity index (χ3v) is 2.59. The first-order chi connectivity index (χ1) is 8.70. The Hall–Kier alpha value is -2.20. The topological polar surface area (TPSA) is 62.2 Å². The minimum atomic E-state index is -0.207. The summed E-state index contributed by atoms with van der Waals surface area (Å²) in [4.78, 5) is 16.1. The van der Waals surface area contributed by atoms with Crippen molar-refractivity contribution < 1.29 is 9.90 Å². The molecule has 0 aliphatic carbocycles. The van der Waals surface area contributed by atoms with E-state index in [1.165, 1.54) is 0 Å². The Morgan fingerprint density at radius 1 is 1.33 bits per heavy atom. The number of para-hydroxylation sites is 1. The Kier molecular flexibility index (Phi) is 3.69. The average molecular weight is 242 g/mol. The number of carbonyl (C=O) groups excluding carboxylic acids is 1. The van der Waals surface area contributed by atoms with Crippen molar-refractivity contribution in [2.75, 3.05) is 5.32 Å². The van der Waals surface area contributed by atoms with Gasteiger partial charge in [-0.3, -0.25) is 9.78 Å². The number of aryl methyl sites for hydroxylation is 1. The van der Waals surface area contributed by atoms with E-state index in [9.17, 15) is 9.90 Å². The Morgan fingerprint density at radius 2 is 2.11 bits per heavy atom. The predicted octanol–water partition coefficient (Wildman–Crippen LogP) is 2.13. The van der Waals surface area contributed by atoms with Gasteiger partial charge in [0.2, 0.25) is 0 Å². The molecule has 2 rings (SSSR count). The van der Waals surface area contributed by atoms with E-state index in [1.54, 1.807) is 30.5 Å². The van der Waals surface area contributed by atoms with Crippen molar-refractivity contribution >= 4 is 11.6 Å². The van der Waals surface area contributed by atoms with Crippen LogP contribution in [0.3, 0.4) is 0 Å². The molecule has 1 aromatic heterocycles. The molecule has 4 nitrogen and oxygen atoms in total. The number of nitrogens with zero attached hydrogens (tertiary/aromatic N) is 1. The van der Waals surface area contributed by atoms with Crippen LogP contribution in [0.5, 0.6) is 0 Å². The maximum absolute atomic E-state index is 12.0. The Bertz CT molecular complexity index is 567. The lowest BCUT2D eigenvalue weighted by Crippen LogP contribution is -2.13. The fraction of sp³-hybridized carbons (Fsp3) is 0.143. The van der Waals surface area contributed by atoms with E-state index < -0.39 is 0 Å². The first-order valence-electron chi connectivity index (χ1n) is 5.63. The number of aliphatic hydroxyl groups excluding tert-OH is 1. The van der Waals surface area contributed by atoms with Crippen LogP contribution in [0.4, 0.5) is 5.69 Å². The zero-order chi connectivity index (χ0) is 13.0. The second-order valence-electron chi connectivity index (χ2n) is 3.96. The number of rotatable bonds is 3. The average Bonchev–Trinajstić information content (AvgIpc) is 2.39. The van der Waals surface area contributed by atoms with Crippen LogP contribution in [-0.4, -0.2) is 16.0 Å². The maximum atomic E-state index is 12.0. The number of nitrogens with one attached hydrogen (secondary N) is 1. The number of aromatic nitrogens is 1. The highest BCUT2D eigenvalue weighted by atomic mass is 16.3. The molecular weight excluding hydrogens is 228 g/mol. The van der Waals surface area contributed by atoms with Crippen molar-refractivity contribution in [1.82, 2.24) is 4.98 Å². The summed E-state index contributed by atoms with van der Waals surface area (Å²) in [5, 5.41) is 12.0. The van der Waals surface area contributed by atoms with Crippen LogP contribution in [-0.2, 0) is 6.61 Å². The van der Waals surface area contributed by atoms with Gasteiger partial charge in [-0.25, -0.2) is 0 Å². The van der Waals surface area contributed by atoms with Crippen LogP contribution in [0.25, 0.3) is 0 Å². The van der Waals surface area contributed by atoms with Crippen molar-refractivity contribution in [2.45, 2.75) is 13.5 Å². The summed E-state index contributed by atoms with van der Waals surface area (Å²) >= 11 is 0. The van der Waals surface area contributed by atoms with Gasteiger partial charge in [0.05, 0.1) is 6.61 Å². The van der Waals surface area contributed by atoms with Crippen LogP contribution >= 0.6 is 0 Å². The molecule has 0 spiro atoms. The third-order valence-electron chi connectivity index (χ3n) is 2.59. The van der Waals surface area contributed by atoms with E-state index in [-0.39, 0.29) is 12.5 Å². The van der Waals surface area contributed by atoms with Gasteiger partial charge in [0, 0.05) is 28.7 Å². The zero-order valence-corrected chi connectivity index (χ0v) is 10.1. The van der Waals surface area contributed by atoms with E-state index in [4.69, 9.17) is 0 Å². The van der Waals surface area contributed by atoms with E-state index >= 15 is 0 Å². The van der Waals surface area contributed by atoms with Gasteiger partial charge in [0.1, 0.15) is 0 Å². The molecule has 1 amide bonds. The van der Waals surface area contributed by atoms with Crippen LogP contribution in [0.2, 0.25) is 0 Å². The van der Waals surface area contributed by atoms with E-state index in [1.807, 2.05) is 19.1 Å². The highest BCUT2D eigenvalue weighted by molar-refractivity contribution is 6.04. The highest BCUT2D eigenvalue weighted by Crippen LogP contribution is 2.16. The van der Waals surface area contributed by atoms with Crippen LogP contribution in [0.15, 0.2) is 42.6 Å². The van der Waals surface area contributed by atoms with E-state index in [0.717, 1.165) is 5.69 Å². The lowest BCUT2D eigenvalue weighted by molar-refractivity contribution is 0.102. The van der Waals surface area contributed by atoms with Gasteiger partial charge in [-0.05, 0) is 25.1 Å². The molecule has 0 saturated heterocycles. The number of benzene rings is 1. The number of hydrogen-bond donors (Lipinski definition) is 2. The van der Waals surface area contributed by atoms with E-state index in [2.05, 4.69) is 10.3 Å². The van der Waals surface area contributed by atoms with Crippen molar-refractivity contribution in [3.63, 3.8) is 0 Å². The van der Waals surface area contributed by atoms with Crippen LogP contribution in [0.1, 0.15) is 21.6 Å². The molecule has 2 aromatic rings. The zero-order valence-electron chi connectivity index (χ0n) is 10.1. The summed E-state index contributed by atoms with van der Waals surface area (Å²) < 4.78 is 0. The summed E-state index contributed by atoms with van der Waals surface area (Å²) in [6.45, 7) is 1.73. The minimum Gasteiger partial charge on any atom is -0.392 e. The molecule has 0 unspecified atom stereocenters. The Morgan fingerprint density at radius 3 is 2.83 bits per heavy atom. The predicted molar refractivity (Wildman–Crippen MR) is 69.3 cm³/mol. The number of anilines is 1. The van der Waals surface area contributed by atoms with Gasteiger partial charge in [0.15, 0.2) is 0 Å². The molecular formula is C14H14N2O2.